The maximum Gasteiger partial charge on any atom is 0.264 e. The molecule has 0 radical (unpaired) electrons. The highest BCUT2D eigenvalue weighted by atomic mass is 79.9. The number of hydrogen-bond acceptors (Lipinski definition) is 4. The highest BCUT2D eigenvalue weighted by Gasteiger charge is 2.11. The Balaban J connectivity index is 1.45. The van der Waals surface area contributed by atoms with E-state index in [1.165, 1.54) is 6.20 Å². The van der Waals surface area contributed by atoms with Crippen LogP contribution < -0.4 is 10.9 Å². The molecule has 0 bridgehead atoms. The Morgan fingerprint density at radius 1 is 1.10 bits per heavy atom. The van der Waals surface area contributed by atoms with Gasteiger partial charge in [0.25, 0.3) is 11.5 Å². The monoisotopic (exact) mass is 479 g/mol. The van der Waals surface area contributed by atoms with Crippen LogP contribution in [0.1, 0.15) is 27.0 Å². The molecule has 4 rings (SSSR count). The lowest BCUT2D eigenvalue weighted by molar-refractivity contribution is 0.0952. The van der Waals surface area contributed by atoms with Crippen molar-refractivity contribution in [2.24, 2.45) is 0 Å². The second-order valence-corrected chi connectivity index (χ2v) is 8.46. The van der Waals surface area contributed by atoms with Gasteiger partial charge >= 0.3 is 0 Å². The summed E-state index contributed by atoms with van der Waals surface area (Å²) >= 11 is 3.41. The van der Waals surface area contributed by atoms with Crippen molar-refractivity contribution in [3.8, 4) is 0 Å². The lowest BCUT2D eigenvalue weighted by Gasteiger charge is -2.08. The summed E-state index contributed by atoms with van der Waals surface area (Å²) in [4.78, 5) is 29.7. The summed E-state index contributed by atoms with van der Waals surface area (Å²) < 4.78 is 4.20. The topological polar surface area (TPSA) is 81.8 Å². The summed E-state index contributed by atoms with van der Waals surface area (Å²) in [6.45, 7) is 5.17. The van der Waals surface area contributed by atoms with Gasteiger partial charge in [-0.25, -0.2) is 9.67 Å². The fourth-order valence-corrected chi connectivity index (χ4v) is 3.81. The van der Waals surface area contributed by atoms with Crippen LogP contribution in [0.3, 0.4) is 0 Å². The van der Waals surface area contributed by atoms with Gasteiger partial charge in [0, 0.05) is 16.6 Å². The van der Waals surface area contributed by atoms with Crippen molar-refractivity contribution >= 4 is 32.9 Å². The lowest BCUT2D eigenvalue weighted by Crippen LogP contribution is -2.28. The smallest absolute Gasteiger partial charge is 0.264 e. The van der Waals surface area contributed by atoms with Gasteiger partial charge in [-0.2, -0.15) is 5.10 Å². The summed E-state index contributed by atoms with van der Waals surface area (Å²) in [7, 11) is 0. The molecule has 4 aromatic rings. The molecule has 158 valence electrons. The number of aromatic nitrogens is 4. The van der Waals surface area contributed by atoms with Crippen LogP contribution in [0, 0.1) is 13.8 Å². The summed E-state index contributed by atoms with van der Waals surface area (Å²) in [5.74, 6) is -0.131. The van der Waals surface area contributed by atoms with E-state index in [1.54, 1.807) is 15.6 Å². The number of aryl methyl sites for hydroxylation is 2. The van der Waals surface area contributed by atoms with E-state index in [4.69, 9.17) is 0 Å². The second-order valence-electron chi connectivity index (χ2n) is 7.54. The van der Waals surface area contributed by atoms with Gasteiger partial charge in [0.1, 0.15) is 11.7 Å². The molecular weight excluding hydrogens is 458 g/mol. The number of nitrogens with one attached hydrogen (secondary N) is 1. The van der Waals surface area contributed by atoms with Gasteiger partial charge in [-0.1, -0.05) is 45.3 Å². The summed E-state index contributed by atoms with van der Waals surface area (Å²) in [5.41, 5.74) is 4.11. The van der Waals surface area contributed by atoms with Crippen molar-refractivity contribution in [3.63, 3.8) is 0 Å². The number of fused-ring (bicyclic) bond motifs is 1. The SMILES string of the molecule is Cc1cc(C)cc(C(=O)NCCn2ncc3c(=O)n(Cc4ccc(Br)cc4)cnc32)c1. The van der Waals surface area contributed by atoms with Gasteiger partial charge in [-0.15, -0.1) is 0 Å². The van der Waals surface area contributed by atoms with Gasteiger partial charge in [0.15, 0.2) is 5.65 Å². The number of carbonyl (C=O) groups excluding carboxylic acids is 1. The van der Waals surface area contributed by atoms with Crippen LogP contribution in [0.5, 0.6) is 0 Å². The molecule has 31 heavy (non-hydrogen) atoms. The normalized spacial score (nSPS) is 11.1. The molecule has 0 aliphatic carbocycles. The van der Waals surface area contributed by atoms with Crippen molar-refractivity contribution in [2.45, 2.75) is 26.9 Å². The first-order valence-corrected chi connectivity index (χ1v) is 10.7. The van der Waals surface area contributed by atoms with E-state index >= 15 is 0 Å². The molecule has 0 aliphatic heterocycles. The summed E-state index contributed by atoms with van der Waals surface area (Å²) in [5, 5.41) is 7.66. The molecule has 1 amide bonds. The Morgan fingerprint density at radius 2 is 1.81 bits per heavy atom. The van der Waals surface area contributed by atoms with Crippen LogP contribution in [0.2, 0.25) is 0 Å². The van der Waals surface area contributed by atoms with E-state index in [1.807, 2.05) is 56.3 Å². The molecule has 2 heterocycles. The van der Waals surface area contributed by atoms with E-state index in [0.717, 1.165) is 21.2 Å². The van der Waals surface area contributed by atoms with Crippen molar-refractivity contribution in [3.05, 3.63) is 92.1 Å². The van der Waals surface area contributed by atoms with Crippen molar-refractivity contribution in [1.82, 2.24) is 24.6 Å². The average Bonchev–Trinajstić information content (AvgIpc) is 3.14. The van der Waals surface area contributed by atoms with Crippen molar-refractivity contribution in [1.29, 1.82) is 0 Å². The van der Waals surface area contributed by atoms with Crippen molar-refractivity contribution in [2.75, 3.05) is 6.54 Å². The quantitative estimate of drug-likeness (QED) is 0.459. The van der Waals surface area contributed by atoms with E-state index < -0.39 is 0 Å². The molecule has 0 unspecified atom stereocenters. The van der Waals surface area contributed by atoms with Crippen LogP contribution in [0.25, 0.3) is 11.0 Å². The molecule has 0 atom stereocenters. The van der Waals surface area contributed by atoms with Gasteiger partial charge in [0.05, 0.1) is 19.3 Å². The Kier molecular flexibility index (Phi) is 5.99. The largest absolute Gasteiger partial charge is 0.350 e. The summed E-state index contributed by atoms with van der Waals surface area (Å²) in [6.07, 6.45) is 3.08. The van der Waals surface area contributed by atoms with E-state index in [0.29, 0.717) is 36.2 Å². The van der Waals surface area contributed by atoms with Gasteiger partial charge in [-0.3, -0.25) is 14.2 Å². The van der Waals surface area contributed by atoms with Gasteiger partial charge in [0.2, 0.25) is 0 Å². The minimum atomic E-state index is -0.140. The van der Waals surface area contributed by atoms with Crippen LogP contribution in [-0.2, 0) is 13.1 Å². The summed E-state index contributed by atoms with van der Waals surface area (Å²) in [6, 6.07) is 13.6. The zero-order chi connectivity index (χ0) is 22.0. The number of halogens is 1. The lowest BCUT2D eigenvalue weighted by atomic mass is 10.1. The Bertz CT molecular complexity index is 1290. The minimum absolute atomic E-state index is 0.131. The van der Waals surface area contributed by atoms with Crippen molar-refractivity contribution < 1.29 is 4.79 Å². The zero-order valence-electron chi connectivity index (χ0n) is 17.3. The van der Waals surface area contributed by atoms with Crippen LogP contribution in [-0.4, -0.2) is 31.8 Å². The Labute approximate surface area is 187 Å². The molecule has 0 saturated heterocycles. The predicted octanol–water partition coefficient (Wildman–Crippen LogP) is 3.45. The second kappa shape index (κ2) is 8.85. The van der Waals surface area contributed by atoms with Crippen LogP contribution in [0.15, 0.2) is 64.3 Å². The third kappa shape index (κ3) is 4.74. The number of nitrogens with zero attached hydrogens (tertiary/aromatic N) is 4. The van der Waals surface area contributed by atoms with E-state index in [9.17, 15) is 9.59 Å². The minimum Gasteiger partial charge on any atom is -0.350 e. The number of amides is 1. The molecule has 0 spiro atoms. The number of benzene rings is 2. The molecular formula is C23H22BrN5O2. The third-order valence-electron chi connectivity index (χ3n) is 4.98. The molecule has 0 aliphatic rings. The van der Waals surface area contributed by atoms with Crippen LogP contribution >= 0.6 is 15.9 Å². The first-order valence-electron chi connectivity index (χ1n) is 9.92. The molecule has 1 N–H and O–H groups in total. The fourth-order valence-electron chi connectivity index (χ4n) is 3.54. The van der Waals surface area contributed by atoms with Gasteiger partial charge < -0.3 is 5.32 Å². The highest BCUT2D eigenvalue weighted by Crippen LogP contribution is 2.12. The number of hydrogen-bond donors (Lipinski definition) is 1. The fraction of sp³-hybridized carbons (Fsp3) is 0.217. The number of carbonyl (C=O) groups is 1. The number of rotatable bonds is 6. The predicted molar refractivity (Wildman–Crippen MR) is 123 cm³/mol. The first-order chi connectivity index (χ1) is 14.9. The molecule has 0 saturated carbocycles. The van der Waals surface area contributed by atoms with Gasteiger partial charge in [-0.05, 0) is 43.7 Å². The highest BCUT2D eigenvalue weighted by molar-refractivity contribution is 9.10. The standard InChI is InChI=1S/C23H22BrN5O2/c1-15-9-16(2)11-18(10-15)22(30)25-7-8-29-21-20(12-27-29)23(31)28(14-26-21)13-17-3-5-19(24)6-4-17/h3-6,9-12,14H,7-8,13H2,1-2H3,(H,25,30). The average molecular weight is 480 g/mol. The first kappa shape index (κ1) is 21.0. The Hall–Kier alpha value is -3.26. The molecule has 2 aromatic carbocycles. The van der Waals surface area contributed by atoms with E-state index in [2.05, 4.69) is 31.3 Å². The molecule has 7 nitrogen and oxygen atoms in total. The third-order valence-corrected chi connectivity index (χ3v) is 5.51. The molecule has 0 fully saturated rings. The maximum absolute atomic E-state index is 12.8. The molecule has 8 heteroatoms. The van der Waals surface area contributed by atoms with E-state index in [-0.39, 0.29) is 11.5 Å². The van der Waals surface area contributed by atoms with Crippen LogP contribution in [0.4, 0.5) is 0 Å². The Morgan fingerprint density at radius 3 is 2.52 bits per heavy atom. The zero-order valence-corrected chi connectivity index (χ0v) is 18.9. The maximum atomic E-state index is 12.8. The molecule has 2 aromatic heterocycles.